The van der Waals surface area contributed by atoms with Crippen molar-refractivity contribution in [2.24, 2.45) is 5.92 Å². The lowest BCUT2D eigenvalue weighted by molar-refractivity contribution is 0.122. The summed E-state index contributed by atoms with van der Waals surface area (Å²) in [5.41, 5.74) is 3.50. The first kappa shape index (κ1) is 17.0. The summed E-state index contributed by atoms with van der Waals surface area (Å²) in [7, 11) is 1.93. The summed E-state index contributed by atoms with van der Waals surface area (Å²) in [5.74, 6) is 1.72. The van der Waals surface area contributed by atoms with Gasteiger partial charge in [0.15, 0.2) is 5.13 Å². The highest BCUT2D eigenvalue weighted by atomic mass is 32.1. The maximum absolute atomic E-state index is 5.35. The Kier molecular flexibility index (Phi) is 4.80. The van der Waals surface area contributed by atoms with Crippen LogP contribution in [0.5, 0.6) is 0 Å². The van der Waals surface area contributed by atoms with Crippen molar-refractivity contribution in [2.75, 3.05) is 32.0 Å². The Morgan fingerprint density at radius 1 is 1.24 bits per heavy atom. The van der Waals surface area contributed by atoms with Gasteiger partial charge in [-0.25, -0.2) is 4.98 Å². The minimum Gasteiger partial charge on any atom is -0.365 e. The summed E-state index contributed by atoms with van der Waals surface area (Å²) >= 11 is 1.69. The van der Waals surface area contributed by atoms with Gasteiger partial charge in [-0.2, -0.15) is 0 Å². The first-order chi connectivity index (χ1) is 12.1. The number of fused-ring (bicyclic) bond motifs is 4. The number of thiazole rings is 1. The van der Waals surface area contributed by atoms with E-state index in [0.717, 1.165) is 42.1 Å². The standard InChI is InChI=1S/C18H27N5OS/c1-12-17(13(2)24-21-12)10-22-6-14-4-5-16(9-22)23(7-14)8-15-11-25-18(19-3)20-15/h11,14,16H,4-10H2,1-3H3,(H,19,20)/t14-,16+/m0/s1. The number of aromatic nitrogens is 2. The molecule has 0 spiro atoms. The van der Waals surface area contributed by atoms with Gasteiger partial charge in [-0.15, -0.1) is 11.3 Å². The van der Waals surface area contributed by atoms with E-state index >= 15 is 0 Å². The number of anilines is 1. The van der Waals surface area contributed by atoms with Crippen LogP contribution in [0.2, 0.25) is 0 Å². The minimum atomic E-state index is 0.624. The Hall–Kier alpha value is -1.44. The van der Waals surface area contributed by atoms with Crippen LogP contribution in [0.15, 0.2) is 9.90 Å². The van der Waals surface area contributed by atoms with Crippen molar-refractivity contribution < 1.29 is 4.52 Å². The highest BCUT2D eigenvalue weighted by Crippen LogP contribution is 2.31. The van der Waals surface area contributed by atoms with Gasteiger partial charge < -0.3 is 9.84 Å². The predicted octanol–water partition coefficient (Wildman–Crippen LogP) is 2.89. The molecule has 136 valence electrons. The zero-order valence-corrected chi connectivity index (χ0v) is 16.1. The molecule has 2 atom stereocenters. The molecule has 2 bridgehead atoms. The molecule has 1 N–H and O–H groups in total. The molecule has 6 nitrogen and oxygen atoms in total. The summed E-state index contributed by atoms with van der Waals surface area (Å²) in [6.45, 7) is 9.50. The van der Waals surface area contributed by atoms with Gasteiger partial charge in [-0.3, -0.25) is 9.80 Å². The fraction of sp³-hybridized carbons (Fsp3) is 0.667. The SMILES string of the molecule is CNc1nc(CN2C[C@H]3CC[C@@H]2CN(Cc2c(C)noc2C)C3)cs1. The molecule has 0 radical (unpaired) electrons. The van der Waals surface area contributed by atoms with E-state index in [9.17, 15) is 0 Å². The van der Waals surface area contributed by atoms with E-state index in [2.05, 4.69) is 30.6 Å². The smallest absolute Gasteiger partial charge is 0.182 e. The van der Waals surface area contributed by atoms with Gasteiger partial charge in [0.2, 0.25) is 0 Å². The predicted molar refractivity (Wildman–Crippen MR) is 99.8 cm³/mol. The minimum absolute atomic E-state index is 0.624. The average molecular weight is 362 g/mol. The average Bonchev–Trinajstić information content (AvgIpc) is 3.06. The molecule has 3 saturated heterocycles. The van der Waals surface area contributed by atoms with Crippen molar-refractivity contribution in [3.8, 4) is 0 Å². The van der Waals surface area contributed by atoms with Crippen molar-refractivity contribution >= 4 is 16.5 Å². The Balaban J connectivity index is 1.45. The Labute approximate surface area is 153 Å². The molecule has 25 heavy (non-hydrogen) atoms. The van der Waals surface area contributed by atoms with Crippen LogP contribution in [0.3, 0.4) is 0 Å². The van der Waals surface area contributed by atoms with Gasteiger partial charge in [-0.1, -0.05) is 5.16 Å². The van der Waals surface area contributed by atoms with E-state index in [1.54, 1.807) is 11.3 Å². The molecule has 0 aliphatic carbocycles. The lowest BCUT2D eigenvalue weighted by atomic mass is 9.95. The van der Waals surface area contributed by atoms with Crippen LogP contribution in [-0.4, -0.2) is 52.7 Å². The van der Waals surface area contributed by atoms with E-state index in [4.69, 9.17) is 4.52 Å². The van der Waals surface area contributed by atoms with Gasteiger partial charge in [0.25, 0.3) is 0 Å². The van der Waals surface area contributed by atoms with Gasteiger partial charge >= 0.3 is 0 Å². The van der Waals surface area contributed by atoms with Crippen LogP contribution in [-0.2, 0) is 13.1 Å². The molecule has 5 heterocycles. The second-order valence-corrected chi connectivity index (χ2v) is 8.28. The number of piperidine rings is 1. The maximum atomic E-state index is 5.35. The molecule has 5 rings (SSSR count). The molecule has 2 aromatic rings. The second-order valence-electron chi connectivity index (χ2n) is 7.42. The van der Waals surface area contributed by atoms with Crippen LogP contribution in [0.25, 0.3) is 0 Å². The molecule has 7 heteroatoms. The fourth-order valence-electron chi connectivity index (χ4n) is 4.25. The summed E-state index contributed by atoms with van der Waals surface area (Å²) in [4.78, 5) is 9.93. The number of aryl methyl sites for hydroxylation is 2. The highest BCUT2D eigenvalue weighted by molar-refractivity contribution is 7.13. The van der Waals surface area contributed by atoms with Crippen LogP contribution < -0.4 is 5.32 Å². The van der Waals surface area contributed by atoms with Gasteiger partial charge in [0.05, 0.1) is 11.4 Å². The molecule has 0 aromatic carbocycles. The zero-order chi connectivity index (χ0) is 17.4. The Morgan fingerprint density at radius 2 is 2.12 bits per heavy atom. The van der Waals surface area contributed by atoms with Crippen molar-refractivity contribution in [3.63, 3.8) is 0 Å². The van der Waals surface area contributed by atoms with Gasteiger partial charge in [0.1, 0.15) is 5.76 Å². The topological polar surface area (TPSA) is 57.4 Å². The van der Waals surface area contributed by atoms with Crippen molar-refractivity contribution in [1.82, 2.24) is 19.9 Å². The molecular weight excluding hydrogens is 334 g/mol. The summed E-state index contributed by atoms with van der Waals surface area (Å²) in [6, 6.07) is 0.624. The third-order valence-electron chi connectivity index (χ3n) is 5.60. The van der Waals surface area contributed by atoms with Crippen LogP contribution in [0.4, 0.5) is 5.13 Å². The number of hydrogen-bond acceptors (Lipinski definition) is 7. The monoisotopic (exact) mass is 361 g/mol. The fourth-order valence-corrected chi connectivity index (χ4v) is 4.92. The lowest BCUT2D eigenvalue weighted by Gasteiger charge is -2.35. The quantitative estimate of drug-likeness (QED) is 0.884. The molecular formula is C18H27N5OS. The van der Waals surface area contributed by atoms with Crippen molar-refractivity contribution in [2.45, 2.75) is 45.8 Å². The first-order valence-corrected chi connectivity index (χ1v) is 10.0. The molecule has 2 aromatic heterocycles. The Morgan fingerprint density at radius 3 is 2.84 bits per heavy atom. The van der Waals surface area contributed by atoms with E-state index in [0.29, 0.717) is 6.04 Å². The molecule has 0 saturated carbocycles. The van der Waals surface area contributed by atoms with Crippen molar-refractivity contribution in [1.29, 1.82) is 0 Å². The highest BCUT2D eigenvalue weighted by Gasteiger charge is 2.35. The molecule has 0 amide bonds. The van der Waals surface area contributed by atoms with E-state index in [1.807, 2.05) is 20.9 Å². The van der Waals surface area contributed by atoms with Crippen LogP contribution >= 0.6 is 11.3 Å². The van der Waals surface area contributed by atoms with Gasteiger partial charge in [0, 0.05) is 56.8 Å². The normalized spacial score (nSPS) is 24.6. The molecule has 3 aliphatic heterocycles. The molecule has 3 fully saturated rings. The lowest BCUT2D eigenvalue weighted by Crippen LogP contribution is -2.43. The number of rotatable bonds is 5. The largest absolute Gasteiger partial charge is 0.365 e. The number of nitrogens with zero attached hydrogens (tertiary/aromatic N) is 4. The van der Waals surface area contributed by atoms with Crippen LogP contribution in [0.1, 0.15) is 35.6 Å². The maximum Gasteiger partial charge on any atom is 0.182 e. The Bertz CT molecular complexity index is 707. The molecule has 3 aliphatic rings. The van der Waals surface area contributed by atoms with Crippen molar-refractivity contribution in [3.05, 3.63) is 28.1 Å². The zero-order valence-electron chi connectivity index (χ0n) is 15.3. The summed E-state index contributed by atoms with van der Waals surface area (Å²) < 4.78 is 5.35. The van der Waals surface area contributed by atoms with E-state index in [-0.39, 0.29) is 0 Å². The third-order valence-corrected chi connectivity index (χ3v) is 6.50. The summed E-state index contributed by atoms with van der Waals surface area (Å²) in [5, 5.41) is 10.4. The third kappa shape index (κ3) is 3.59. The van der Waals surface area contributed by atoms with E-state index in [1.165, 1.54) is 37.2 Å². The second kappa shape index (κ2) is 7.05. The number of nitrogens with one attached hydrogen (secondary N) is 1. The summed E-state index contributed by atoms with van der Waals surface area (Å²) in [6.07, 6.45) is 2.64. The van der Waals surface area contributed by atoms with Gasteiger partial charge in [-0.05, 0) is 32.6 Å². The van der Waals surface area contributed by atoms with Crippen LogP contribution in [0, 0.1) is 19.8 Å². The number of hydrogen-bond donors (Lipinski definition) is 1. The molecule has 0 unspecified atom stereocenters. The first-order valence-electron chi connectivity index (χ1n) is 9.12. The van der Waals surface area contributed by atoms with E-state index < -0.39 is 0 Å².